The number of piperidine rings is 1. The maximum absolute atomic E-state index is 11.0. The van der Waals surface area contributed by atoms with Gasteiger partial charge in [0.1, 0.15) is 0 Å². The summed E-state index contributed by atoms with van der Waals surface area (Å²) in [6.45, 7) is 4.07. The summed E-state index contributed by atoms with van der Waals surface area (Å²) in [4.78, 5) is 15.4. The Bertz CT molecular complexity index is 208. The first-order valence-corrected chi connectivity index (χ1v) is 5.22. The van der Waals surface area contributed by atoms with E-state index < -0.39 is 0 Å². The topological polar surface area (TPSA) is 49.6 Å². The largest absolute Gasteiger partial charge is 0.368 e. The van der Waals surface area contributed by atoms with Crippen molar-refractivity contribution in [1.29, 1.82) is 0 Å². The van der Waals surface area contributed by atoms with Crippen molar-refractivity contribution in [3.05, 3.63) is 0 Å². The Hall–Kier alpha value is -0.610. The van der Waals surface area contributed by atoms with Gasteiger partial charge in [-0.25, -0.2) is 0 Å². The van der Waals surface area contributed by atoms with E-state index in [2.05, 4.69) is 16.8 Å². The molecule has 1 amide bonds. The normalized spacial score (nSPS) is 26.4. The Morgan fingerprint density at radius 1 is 1.64 bits per heavy atom. The highest BCUT2D eigenvalue weighted by Crippen LogP contribution is 2.15. The highest BCUT2D eigenvalue weighted by molar-refractivity contribution is 5.79. The Balaban J connectivity index is 2.50. The van der Waals surface area contributed by atoms with Crippen molar-refractivity contribution in [2.45, 2.75) is 31.8 Å². The Labute approximate surface area is 86.0 Å². The van der Waals surface area contributed by atoms with Crippen molar-refractivity contribution in [3.63, 3.8) is 0 Å². The van der Waals surface area contributed by atoms with Crippen LogP contribution in [0.1, 0.15) is 19.8 Å². The molecule has 0 spiro atoms. The van der Waals surface area contributed by atoms with Gasteiger partial charge in [-0.15, -0.1) is 0 Å². The molecule has 2 unspecified atom stereocenters. The number of rotatable bonds is 3. The maximum Gasteiger partial charge on any atom is 0.234 e. The molecule has 0 radical (unpaired) electrons. The summed E-state index contributed by atoms with van der Waals surface area (Å²) in [6, 6.07) is 0.308. The molecule has 0 aromatic carbocycles. The molecule has 1 rings (SSSR count). The number of nitrogens with two attached hydrogens (primary N) is 1. The van der Waals surface area contributed by atoms with Crippen LogP contribution in [0.15, 0.2) is 0 Å². The van der Waals surface area contributed by atoms with Gasteiger partial charge in [-0.2, -0.15) is 0 Å². The van der Waals surface area contributed by atoms with Crippen molar-refractivity contribution in [2.24, 2.45) is 5.73 Å². The lowest BCUT2D eigenvalue weighted by Gasteiger charge is -2.37. The van der Waals surface area contributed by atoms with E-state index in [0.29, 0.717) is 6.04 Å². The molecule has 14 heavy (non-hydrogen) atoms. The van der Waals surface area contributed by atoms with Crippen LogP contribution < -0.4 is 5.73 Å². The van der Waals surface area contributed by atoms with Crippen molar-refractivity contribution < 1.29 is 4.79 Å². The lowest BCUT2D eigenvalue weighted by Crippen LogP contribution is -2.51. The quantitative estimate of drug-likeness (QED) is 0.690. The minimum atomic E-state index is -0.235. The third-order valence-electron chi connectivity index (χ3n) is 3.20. The minimum absolute atomic E-state index is 0.161. The van der Waals surface area contributed by atoms with Crippen LogP contribution in [0.5, 0.6) is 0 Å². The highest BCUT2D eigenvalue weighted by atomic mass is 16.1. The highest BCUT2D eigenvalue weighted by Gasteiger charge is 2.26. The third kappa shape index (κ3) is 2.69. The van der Waals surface area contributed by atoms with Crippen molar-refractivity contribution in [3.8, 4) is 0 Å². The van der Waals surface area contributed by atoms with E-state index in [4.69, 9.17) is 5.73 Å². The third-order valence-corrected chi connectivity index (χ3v) is 3.20. The second kappa shape index (κ2) is 4.75. The van der Waals surface area contributed by atoms with Crippen molar-refractivity contribution >= 4 is 5.91 Å². The van der Waals surface area contributed by atoms with Gasteiger partial charge in [0.2, 0.25) is 5.91 Å². The summed E-state index contributed by atoms with van der Waals surface area (Å²) in [5, 5.41) is 0. The summed E-state index contributed by atoms with van der Waals surface area (Å²) in [5.74, 6) is -0.235. The van der Waals surface area contributed by atoms with Crippen LogP contribution in [0.4, 0.5) is 0 Å². The molecule has 1 aliphatic heterocycles. The average Bonchev–Trinajstić information content (AvgIpc) is 2.15. The fourth-order valence-corrected chi connectivity index (χ4v) is 1.99. The SMILES string of the molecule is CC(C(N)=O)N(C)C1CCCN(C)C1. The van der Waals surface area contributed by atoms with E-state index in [0.717, 1.165) is 13.1 Å². The molecule has 0 bridgehead atoms. The van der Waals surface area contributed by atoms with E-state index in [1.54, 1.807) is 0 Å². The molecule has 1 aliphatic rings. The Morgan fingerprint density at radius 3 is 2.79 bits per heavy atom. The van der Waals surface area contributed by atoms with Gasteiger partial charge in [-0.1, -0.05) is 0 Å². The average molecular weight is 199 g/mol. The van der Waals surface area contributed by atoms with Gasteiger partial charge < -0.3 is 10.6 Å². The first-order chi connectivity index (χ1) is 6.52. The van der Waals surface area contributed by atoms with Crippen LogP contribution in [0.3, 0.4) is 0 Å². The summed E-state index contributed by atoms with van der Waals surface area (Å²) in [6.07, 6.45) is 2.37. The van der Waals surface area contributed by atoms with Crippen molar-refractivity contribution in [1.82, 2.24) is 9.80 Å². The molecule has 0 aromatic heterocycles. The van der Waals surface area contributed by atoms with Gasteiger partial charge in [0.05, 0.1) is 6.04 Å². The van der Waals surface area contributed by atoms with Crippen LogP contribution in [-0.4, -0.2) is 55.0 Å². The maximum atomic E-state index is 11.0. The smallest absolute Gasteiger partial charge is 0.234 e. The molecule has 1 saturated heterocycles. The fourth-order valence-electron chi connectivity index (χ4n) is 1.99. The summed E-state index contributed by atoms with van der Waals surface area (Å²) in [7, 11) is 4.11. The molecule has 0 aromatic rings. The lowest BCUT2D eigenvalue weighted by molar-refractivity contribution is -0.123. The van der Waals surface area contributed by atoms with Gasteiger partial charge in [0.15, 0.2) is 0 Å². The standard InChI is InChI=1S/C10H21N3O/c1-8(10(11)14)13(3)9-5-4-6-12(2)7-9/h8-9H,4-7H2,1-3H3,(H2,11,14). The van der Waals surface area contributed by atoms with Gasteiger partial charge in [0.25, 0.3) is 0 Å². The molecule has 2 atom stereocenters. The van der Waals surface area contributed by atoms with E-state index >= 15 is 0 Å². The zero-order valence-electron chi connectivity index (χ0n) is 9.36. The molecule has 2 N–H and O–H groups in total. The molecular formula is C10H21N3O. The summed E-state index contributed by atoms with van der Waals surface area (Å²) >= 11 is 0. The molecule has 0 saturated carbocycles. The number of carbonyl (C=O) groups excluding carboxylic acids is 1. The lowest BCUT2D eigenvalue weighted by atomic mass is 10.0. The van der Waals surface area contributed by atoms with Crippen LogP contribution in [0, 0.1) is 0 Å². The van der Waals surface area contributed by atoms with Gasteiger partial charge in [-0.3, -0.25) is 9.69 Å². The number of likely N-dealkylation sites (N-methyl/N-ethyl adjacent to an activating group) is 2. The van der Waals surface area contributed by atoms with E-state index in [1.807, 2.05) is 14.0 Å². The Morgan fingerprint density at radius 2 is 2.29 bits per heavy atom. The van der Waals surface area contributed by atoms with Gasteiger partial charge in [-0.05, 0) is 40.4 Å². The monoisotopic (exact) mass is 199 g/mol. The molecule has 0 aliphatic carbocycles. The number of amides is 1. The number of hydrogen-bond acceptors (Lipinski definition) is 3. The molecule has 1 heterocycles. The van der Waals surface area contributed by atoms with Crippen LogP contribution in [-0.2, 0) is 4.79 Å². The number of nitrogens with zero attached hydrogens (tertiary/aromatic N) is 2. The molecule has 82 valence electrons. The number of hydrogen-bond donors (Lipinski definition) is 1. The summed E-state index contributed by atoms with van der Waals surface area (Å²) in [5.41, 5.74) is 5.28. The van der Waals surface area contributed by atoms with Crippen LogP contribution in [0.2, 0.25) is 0 Å². The predicted molar refractivity (Wildman–Crippen MR) is 56.9 cm³/mol. The molecule has 1 fully saturated rings. The Kier molecular flexibility index (Phi) is 3.89. The van der Waals surface area contributed by atoms with Crippen LogP contribution >= 0.6 is 0 Å². The first kappa shape index (κ1) is 11.5. The van der Waals surface area contributed by atoms with E-state index in [1.165, 1.54) is 12.8 Å². The molecule has 4 heteroatoms. The zero-order chi connectivity index (χ0) is 10.7. The predicted octanol–water partition coefficient (Wildman–Crippen LogP) is -0.114. The second-order valence-corrected chi connectivity index (χ2v) is 4.30. The minimum Gasteiger partial charge on any atom is -0.368 e. The van der Waals surface area contributed by atoms with Gasteiger partial charge in [0, 0.05) is 12.6 Å². The molecular weight excluding hydrogens is 178 g/mol. The van der Waals surface area contributed by atoms with E-state index in [9.17, 15) is 4.79 Å². The summed E-state index contributed by atoms with van der Waals surface area (Å²) < 4.78 is 0. The number of carbonyl (C=O) groups is 1. The van der Waals surface area contributed by atoms with Gasteiger partial charge >= 0.3 is 0 Å². The number of primary amides is 1. The second-order valence-electron chi connectivity index (χ2n) is 4.30. The zero-order valence-corrected chi connectivity index (χ0v) is 9.36. The fraction of sp³-hybridized carbons (Fsp3) is 0.900. The number of likely N-dealkylation sites (tertiary alicyclic amines) is 1. The van der Waals surface area contributed by atoms with E-state index in [-0.39, 0.29) is 11.9 Å². The van der Waals surface area contributed by atoms with Crippen LogP contribution in [0.25, 0.3) is 0 Å². The first-order valence-electron chi connectivity index (χ1n) is 5.22. The van der Waals surface area contributed by atoms with Crippen molar-refractivity contribution in [2.75, 3.05) is 27.2 Å². The molecule has 4 nitrogen and oxygen atoms in total.